The Hall–Kier alpha value is -3.16. The van der Waals surface area contributed by atoms with E-state index in [4.69, 9.17) is 13.7 Å². The van der Waals surface area contributed by atoms with Crippen molar-refractivity contribution in [2.75, 3.05) is 0 Å². The molecule has 4 bridgehead atoms. The van der Waals surface area contributed by atoms with Crippen molar-refractivity contribution < 1.29 is 13.7 Å². The molecule has 0 saturated heterocycles. The monoisotopic (exact) mass is 267 g/mol. The van der Waals surface area contributed by atoms with Crippen molar-refractivity contribution in [1.82, 2.24) is 24.5 Å². The van der Waals surface area contributed by atoms with Crippen LogP contribution in [0.15, 0.2) is 39.3 Å². The first kappa shape index (κ1) is 9.73. The number of benzene rings is 1. The number of nitrogens with zero attached hydrogens (tertiary/aromatic N) is 5. The molecular formula is C12H5N5O3. The molecule has 4 aromatic rings. The minimum atomic E-state index is 0.101. The number of hydrogen-bond donors (Lipinski definition) is 0. The summed E-state index contributed by atoms with van der Waals surface area (Å²) in [6.45, 7) is 0. The molecule has 0 amide bonds. The third-order valence-electron chi connectivity index (χ3n) is 2.92. The molecule has 1 aliphatic heterocycles. The van der Waals surface area contributed by atoms with E-state index in [1.54, 1.807) is 0 Å². The maximum Gasteiger partial charge on any atom is 0.353 e. The van der Waals surface area contributed by atoms with Gasteiger partial charge in [-0.3, -0.25) is 0 Å². The van der Waals surface area contributed by atoms with Gasteiger partial charge in [-0.15, -0.1) is 19.5 Å². The fourth-order valence-corrected chi connectivity index (χ4v) is 2.08. The highest BCUT2D eigenvalue weighted by Gasteiger charge is 2.24. The predicted molar refractivity (Wildman–Crippen MR) is 64.9 cm³/mol. The summed E-state index contributed by atoms with van der Waals surface area (Å²) in [5.74, 6) is 1.02. The Bertz CT molecular complexity index is 983. The van der Waals surface area contributed by atoms with Crippen LogP contribution < -0.4 is 4.74 Å². The lowest BCUT2D eigenvalue weighted by atomic mass is 10.2. The molecular weight excluding hydrogens is 262 g/mol. The van der Waals surface area contributed by atoms with Crippen LogP contribution in [0.4, 0.5) is 0 Å². The molecule has 0 atom stereocenters. The van der Waals surface area contributed by atoms with E-state index in [0.717, 1.165) is 5.56 Å². The predicted octanol–water partition coefficient (Wildman–Crippen LogP) is 2.19. The van der Waals surface area contributed by atoms with Gasteiger partial charge in [-0.05, 0) is 0 Å². The second-order valence-electron chi connectivity index (χ2n) is 4.18. The molecule has 1 aliphatic rings. The van der Waals surface area contributed by atoms with Crippen LogP contribution in [0.2, 0.25) is 0 Å². The van der Waals surface area contributed by atoms with E-state index < -0.39 is 0 Å². The molecule has 5 rings (SSSR count). The SMILES string of the molecule is c1ccc(-c2nc3c4oc5nc(nc(n5)on24)O3)cc1. The average Bonchev–Trinajstić information content (AvgIpc) is 2.66. The maximum absolute atomic E-state index is 5.60. The molecule has 1 aromatic carbocycles. The van der Waals surface area contributed by atoms with Crippen LogP contribution >= 0.6 is 0 Å². The molecule has 4 heterocycles. The molecule has 0 spiro atoms. The van der Waals surface area contributed by atoms with Gasteiger partial charge in [0.25, 0.3) is 5.88 Å². The molecule has 8 nitrogen and oxygen atoms in total. The lowest BCUT2D eigenvalue weighted by Crippen LogP contribution is -1.93. The molecule has 0 radical (unpaired) electrons. The van der Waals surface area contributed by atoms with E-state index >= 15 is 0 Å². The van der Waals surface area contributed by atoms with Gasteiger partial charge in [0.1, 0.15) is 0 Å². The maximum atomic E-state index is 5.60. The number of imidazole rings is 1. The van der Waals surface area contributed by atoms with Crippen LogP contribution in [0, 0.1) is 0 Å². The van der Waals surface area contributed by atoms with E-state index in [-0.39, 0.29) is 23.6 Å². The summed E-state index contributed by atoms with van der Waals surface area (Å²) < 4.78 is 18.0. The Morgan fingerprint density at radius 2 is 1.75 bits per heavy atom. The van der Waals surface area contributed by atoms with Crippen LogP contribution in [0.25, 0.3) is 28.8 Å². The van der Waals surface area contributed by atoms with Crippen LogP contribution in [-0.4, -0.2) is 24.5 Å². The third-order valence-corrected chi connectivity index (χ3v) is 2.92. The quantitative estimate of drug-likeness (QED) is 0.459. The third kappa shape index (κ3) is 1.19. The average molecular weight is 267 g/mol. The first-order valence-corrected chi connectivity index (χ1v) is 5.85. The van der Waals surface area contributed by atoms with Crippen molar-refractivity contribution in [2.24, 2.45) is 0 Å². The van der Waals surface area contributed by atoms with Gasteiger partial charge in [-0.2, -0.15) is 4.98 Å². The van der Waals surface area contributed by atoms with Crippen LogP contribution in [0.3, 0.4) is 0 Å². The van der Waals surface area contributed by atoms with Crippen molar-refractivity contribution >= 4 is 17.4 Å². The second kappa shape index (κ2) is 3.23. The molecule has 0 saturated carbocycles. The van der Waals surface area contributed by atoms with E-state index in [1.165, 1.54) is 4.57 Å². The summed E-state index contributed by atoms with van der Waals surface area (Å²) >= 11 is 0. The lowest BCUT2D eigenvalue weighted by molar-refractivity contribution is 0.361. The lowest BCUT2D eigenvalue weighted by Gasteiger charge is -1.96. The summed E-state index contributed by atoms with van der Waals surface area (Å²) in [5, 5.41) is 0. The van der Waals surface area contributed by atoms with Gasteiger partial charge in [-0.1, -0.05) is 30.3 Å². The van der Waals surface area contributed by atoms with Gasteiger partial charge < -0.3 is 13.7 Å². The highest BCUT2D eigenvalue weighted by atomic mass is 16.6. The Balaban J connectivity index is 1.98. The van der Waals surface area contributed by atoms with Crippen molar-refractivity contribution in [1.29, 1.82) is 0 Å². The second-order valence-corrected chi connectivity index (χ2v) is 4.18. The van der Waals surface area contributed by atoms with E-state index in [2.05, 4.69) is 19.9 Å². The van der Waals surface area contributed by atoms with Crippen LogP contribution in [-0.2, 0) is 0 Å². The fourth-order valence-electron chi connectivity index (χ4n) is 2.08. The number of rotatable bonds is 1. The zero-order valence-electron chi connectivity index (χ0n) is 9.85. The zero-order chi connectivity index (χ0) is 13.1. The highest BCUT2D eigenvalue weighted by molar-refractivity contribution is 5.64. The summed E-state index contributed by atoms with van der Waals surface area (Å²) in [4.78, 5) is 16.3. The van der Waals surface area contributed by atoms with Crippen molar-refractivity contribution in [3.05, 3.63) is 30.3 Å². The van der Waals surface area contributed by atoms with Crippen LogP contribution in [0.1, 0.15) is 0 Å². The summed E-state index contributed by atoms with van der Waals surface area (Å²) in [5.41, 5.74) is 1.15. The minimum absolute atomic E-state index is 0.101. The Labute approximate surface area is 110 Å². The molecule has 0 N–H and O–H groups in total. The summed E-state index contributed by atoms with van der Waals surface area (Å²) in [6.07, 6.45) is 0. The van der Waals surface area contributed by atoms with Crippen molar-refractivity contribution in [3.8, 4) is 23.3 Å². The topological polar surface area (TPSA) is 91.5 Å². The number of hydrogen-bond acceptors (Lipinski definition) is 7. The van der Waals surface area contributed by atoms with Crippen LogP contribution in [0.5, 0.6) is 11.9 Å². The fraction of sp³-hybridized carbons (Fsp3) is 0. The molecule has 3 aromatic heterocycles. The number of fused-ring (bicyclic) bond motifs is 2. The standard InChI is InChI=1S/C12H5N5O3/c1-2-4-6(5-3-1)7-13-8-9-17(7)20-12-15-10(18-8)14-11(16-12)19-9/h1-5H. The molecule has 96 valence electrons. The van der Waals surface area contributed by atoms with Gasteiger partial charge in [0.15, 0.2) is 5.82 Å². The van der Waals surface area contributed by atoms with E-state index in [1.807, 2.05) is 30.3 Å². The molecule has 0 fully saturated rings. The Morgan fingerprint density at radius 3 is 2.65 bits per heavy atom. The van der Waals surface area contributed by atoms with Gasteiger partial charge >= 0.3 is 23.4 Å². The van der Waals surface area contributed by atoms with Gasteiger partial charge in [0.05, 0.1) is 0 Å². The number of aromatic nitrogens is 5. The largest absolute Gasteiger partial charge is 0.399 e. The summed E-state index contributed by atoms with van der Waals surface area (Å²) in [6, 6.07) is 9.66. The van der Waals surface area contributed by atoms with Gasteiger partial charge in [0.2, 0.25) is 0 Å². The van der Waals surface area contributed by atoms with Gasteiger partial charge in [-0.25, -0.2) is 0 Å². The zero-order valence-corrected chi connectivity index (χ0v) is 9.85. The van der Waals surface area contributed by atoms with E-state index in [9.17, 15) is 0 Å². The Kier molecular flexibility index (Phi) is 1.57. The Morgan fingerprint density at radius 1 is 0.900 bits per heavy atom. The van der Waals surface area contributed by atoms with Crippen molar-refractivity contribution in [3.63, 3.8) is 0 Å². The highest BCUT2D eigenvalue weighted by Crippen LogP contribution is 2.32. The molecule has 8 heteroatoms. The first-order valence-electron chi connectivity index (χ1n) is 5.85. The van der Waals surface area contributed by atoms with E-state index in [0.29, 0.717) is 11.5 Å². The van der Waals surface area contributed by atoms with Gasteiger partial charge in [0, 0.05) is 5.56 Å². The molecule has 20 heavy (non-hydrogen) atoms. The smallest absolute Gasteiger partial charge is 0.353 e. The molecule has 0 aliphatic carbocycles. The summed E-state index contributed by atoms with van der Waals surface area (Å²) in [7, 11) is 0. The van der Waals surface area contributed by atoms with Crippen molar-refractivity contribution in [2.45, 2.75) is 0 Å². The number of ether oxygens (including phenoxy) is 1. The normalized spacial score (nSPS) is 12.4. The minimum Gasteiger partial charge on any atom is -0.399 e. The first-order chi connectivity index (χ1) is 9.87. The molecule has 0 unspecified atom stereocenters.